The van der Waals surface area contributed by atoms with E-state index in [2.05, 4.69) is 18.7 Å². The molecule has 0 aromatic heterocycles. The lowest BCUT2D eigenvalue weighted by Crippen LogP contribution is -2.40. The predicted octanol–water partition coefficient (Wildman–Crippen LogP) is 6.46. The second kappa shape index (κ2) is 24.6. The molecule has 1 amide bonds. The molecule has 10 heteroatoms. The lowest BCUT2D eigenvalue weighted by molar-refractivity contribution is -0.169. The van der Waals surface area contributed by atoms with E-state index in [4.69, 9.17) is 19.3 Å². The van der Waals surface area contributed by atoms with Crippen molar-refractivity contribution in [3.05, 3.63) is 35.9 Å². The Labute approximate surface area is 290 Å². The van der Waals surface area contributed by atoms with Crippen LogP contribution in [0.1, 0.15) is 105 Å². The van der Waals surface area contributed by atoms with Crippen LogP contribution in [0.4, 0.5) is 4.79 Å². The van der Waals surface area contributed by atoms with Gasteiger partial charge in [-0.25, -0.2) is 4.79 Å². The highest BCUT2D eigenvalue weighted by Crippen LogP contribution is 2.23. The Bertz CT molecular complexity index is 1000. The van der Waals surface area contributed by atoms with E-state index < -0.39 is 30.2 Å². The van der Waals surface area contributed by atoms with E-state index >= 15 is 0 Å². The summed E-state index contributed by atoms with van der Waals surface area (Å²) in [4.78, 5) is 42.5. The van der Waals surface area contributed by atoms with Crippen molar-refractivity contribution in [3.63, 3.8) is 0 Å². The first-order valence-corrected chi connectivity index (χ1v) is 18.3. The predicted molar refractivity (Wildman–Crippen MR) is 189 cm³/mol. The van der Waals surface area contributed by atoms with Crippen molar-refractivity contribution < 1.29 is 38.8 Å². The molecule has 10 nitrogen and oxygen atoms in total. The molecule has 0 spiro atoms. The van der Waals surface area contributed by atoms with Gasteiger partial charge in [-0.15, -0.1) is 0 Å². The first kappa shape index (κ1) is 43.5. The molecule has 3 rings (SSSR count). The molecular weight excluding hydrogens is 612 g/mol. The third-order valence-corrected chi connectivity index (χ3v) is 8.62. The third-order valence-electron chi connectivity index (χ3n) is 8.62. The van der Waals surface area contributed by atoms with Gasteiger partial charge in [-0.05, 0) is 69.9 Å². The number of ketones is 1. The second-order valence-electron chi connectivity index (χ2n) is 13.5. The summed E-state index contributed by atoms with van der Waals surface area (Å²) in [5, 5.41) is 19.7. The molecule has 2 heterocycles. The van der Waals surface area contributed by atoms with Crippen molar-refractivity contribution >= 4 is 17.8 Å². The highest BCUT2D eigenvalue weighted by Gasteiger charge is 2.32. The Morgan fingerprint density at radius 1 is 0.917 bits per heavy atom. The number of rotatable bonds is 4. The molecular formula is C38H66N2O8. The fourth-order valence-electron chi connectivity index (χ4n) is 6.25. The van der Waals surface area contributed by atoms with Gasteiger partial charge in [0, 0.05) is 38.5 Å². The number of hydrogen-bond acceptors (Lipinski definition) is 9. The van der Waals surface area contributed by atoms with Gasteiger partial charge in [0.15, 0.2) is 6.29 Å². The summed E-state index contributed by atoms with van der Waals surface area (Å²) in [5.74, 6) is -1.01. The molecule has 48 heavy (non-hydrogen) atoms. The molecule has 2 fully saturated rings. The zero-order chi connectivity index (χ0) is 36.1. The van der Waals surface area contributed by atoms with Gasteiger partial charge in [-0.3, -0.25) is 9.59 Å². The second-order valence-corrected chi connectivity index (χ2v) is 13.5. The van der Waals surface area contributed by atoms with Crippen molar-refractivity contribution in [2.75, 3.05) is 39.8 Å². The van der Waals surface area contributed by atoms with Gasteiger partial charge in [0.2, 0.25) is 0 Å². The molecule has 2 aliphatic rings. The fraction of sp³-hybridized carbons (Fsp3) is 0.763. The number of benzene rings is 1. The Hall–Kier alpha value is -2.53. The minimum atomic E-state index is -0.792. The molecule has 7 atom stereocenters. The van der Waals surface area contributed by atoms with Crippen LogP contribution >= 0.6 is 0 Å². The standard InChI is InChI=1S/C29H46N2O6.C7H14O2.C2H6/c1-5-11-26-27(33)23(3)19-25(32)18-22(2)20-30(4)15-16-31(14-9-10-17-36-28(26)34)29(35)37-21-24-12-7-6-8-13-24;1-5-3-6(2)9-7(8)4-5;1-2/h6-8,12-13,22-23,25-26,32H,5,9-11,14-21H2,1-4H3;5-8H,3-4H2,1-2H3;1-2H3/t22-,23?,25-,26?;5-,6+,7+;/m10./s1. The van der Waals surface area contributed by atoms with Gasteiger partial charge in [-0.1, -0.05) is 78.3 Å². The molecule has 0 saturated carbocycles. The summed E-state index contributed by atoms with van der Waals surface area (Å²) in [6.45, 7) is 16.8. The van der Waals surface area contributed by atoms with Crippen molar-refractivity contribution in [3.8, 4) is 0 Å². The van der Waals surface area contributed by atoms with E-state index in [0.29, 0.717) is 64.1 Å². The number of likely N-dealkylation sites (N-methyl/N-ethyl adjacent to an activating group) is 1. The monoisotopic (exact) mass is 678 g/mol. The van der Waals surface area contributed by atoms with Crippen LogP contribution in [0.15, 0.2) is 30.3 Å². The van der Waals surface area contributed by atoms with Crippen molar-refractivity contribution in [1.29, 1.82) is 0 Å². The van der Waals surface area contributed by atoms with E-state index in [-0.39, 0.29) is 37.1 Å². The molecule has 2 aliphatic heterocycles. The number of nitrogens with zero attached hydrogens (tertiary/aromatic N) is 2. The van der Waals surface area contributed by atoms with Crippen LogP contribution in [0, 0.1) is 23.7 Å². The Morgan fingerprint density at radius 3 is 2.23 bits per heavy atom. The number of aliphatic hydroxyl groups excluding tert-OH is 2. The lowest BCUT2D eigenvalue weighted by Gasteiger charge is -2.28. The smallest absolute Gasteiger partial charge is 0.410 e. The number of hydrogen-bond donors (Lipinski definition) is 2. The number of cyclic esters (lactones) is 1. The third kappa shape index (κ3) is 17.7. The topological polar surface area (TPSA) is 126 Å². The first-order valence-electron chi connectivity index (χ1n) is 18.3. The summed E-state index contributed by atoms with van der Waals surface area (Å²) in [6, 6.07) is 9.58. The Morgan fingerprint density at radius 2 is 1.60 bits per heavy atom. The summed E-state index contributed by atoms with van der Waals surface area (Å²) in [6.07, 6.45) is 3.90. The molecule has 2 saturated heterocycles. The number of esters is 1. The van der Waals surface area contributed by atoms with Crippen LogP contribution in [-0.4, -0.2) is 96.2 Å². The average molecular weight is 679 g/mol. The van der Waals surface area contributed by atoms with E-state index in [1.165, 1.54) is 0 Å². The van der Waals surface area contributed by atoms with Crippen molar-refractivity contribution in [1.82, 2.24) is 9.80 Å². The molecule has 2 unspecified atom stereocenters. The van der Waals surface area contributed by atoms with Gasteiger partial charge >= 0.3 is 12.1 Å². The van der Waals surface area contributed by atoms with Crippen molar-refractivity contribution in [2.45, 2.75) is 125 Å². The molecule has 276 valence electrons. The number of amides is 1. The van der Waals surface area contributed by atoms with E-state index in [1.807, 2.05) is 65.1 Å². The van der Waals surface area contributed by atoms with Crippen molar-refractivity contribution in [2.24, 2.45) is 23.7 Å². The van der Waals surface area contributed by atoms with Gasteiger partial charge in [0.1, 0.15) is 18.3 Å². The number of Topliss-reactive ketones (excluding diaryl/α,β-unsaturated/α-hetero) is 1. The largest absolute Gasteiger partial charge is 0.465 e. The number of carbonyl (C=O) groups is 3. The number of aliphatic hydroxyl groups is 2. The highest BCUT2D eigenvalue weighted by molar-refractivity contribution is 6.00. The van der Waals surface area contributed by atoms with Crippen LogP contribution in [0.3, 0.4) is 0 Å². The normalized spacial score (nSPS) is 28.7. The van der Waals surface area contributed by atoms with Gasteiger partial charge in [0.05, 0.1) is 18.8 Å². The minimum Gasteiger partial charge on any atom is -0.465 e. The molecule has 2 N–H and O–H groups in total. The molecule has 0 radical (unpaired) electrons. The van der Waals surface area contributed by atoms with Crippen LogP contribution < -0.4 is 0 Å². The average Bonchev–Trinajstić information content (AvgIpc) is 3.03. The van der Waals surface area contributed by atoms with Gasteiger partial charge in [0.25, 0.3) is 0 Å². The SMILES string of the molecule is CC.CCCC1C(=O)OCCCCN(C(=O)OCc2ccccc2)CCN(C)C[C@H](C)C[C@@H](O)CC(C)C1=O.C[C@H]1C[C@@H](C)O[C@@H](O)C1. The van der Waals surface area contributed by atoms with Gasteiger partial charge in [-0.2, -0.15) is 0 Å². The zero-order valence-corrected chi connectivity index (χ0v) is 31.1. The van der Waals surface area contributed by atoms with Crippen LogP contribution in [-0.2, 0) is 30.4 Å². The summed E-state index contributed by atoms with van der Waals surface area (Å²) in [7, 11) is 2.01. The summed E-state index contributed by atoms with van der Waals surface area (Å²) >= 11 is 0. The molecule has 0 bridgehead atoms. The minimum absolute atomic E-state index is 0.149. The van der Waals surface area contributed by atoms with Gasteiger partial charge < -0.3 is 34.2 Å². The maximum Gasteiger partial charge on any atom is 0.410 e. The summed E-state index contributed by atoms with van der Waals surface area (Å²) in [5.41, 5.74) is 0.930. The quantitative estimate of drug-likeness (QED) is 0.273. The van der Waals surface area contributed by atoms with Crippen LogP contribution in [0.25, 0.3) is 0 Å². The lowest BCUT2D eigenvalue weighted by atomic mass is 9.86. The summed E-state index contributed by atoms with van der Waals surface area (Å²) < 4.78 is 16.1. The number of carbonyl (C=O) groups excluding carboxylic acids is 3. The maximum absolute atomic E-state index is 13.0. The molecule has 1 aromatic carbocycles. The first-order chi connectivity index (χ1) is 22.9. The molecule has 0 aliphatic carbocycles. The maximum atomic E-state index is 13.0. The van der Waals surface area contributed by atoms with E-state index in [0.717, 1.165) is 24.9 Å². The number of ether oxygens (including phenoxy) is 3. The highest BCUT2D eigenvalue weighted by atomic mass is 16.6. The molecule has 1 aromatic rings. The Kier molecular flexibility index (Phi) is 22.3. The van der Waals surface area contributed by atoms with Crippen LogP contribution in [0.5, 0.6) is 0 Å². The Balaban J connectivity index is 0.000000890. The zero-order valence-electron chi connectivity index (χ0n) is 31.1. The van der Waals surface area contributed by atoms with E-state index in [1.54, 1.807) is 11.8 Å². The fourth-order valence-corrected chi connectivity index (χ4v) is 6.25. The van der Waals surface area contributed by atoms with Crippen LogP contribution in [0.2, 0.25) is 0 Å². The van der Waals surface area contributed by atoms with E-state index in [9.17, 15) is 19.5 Å².